The van der Waals surface area contributed by atoms with E-state index in [2.05, 4.69) is 15.6 Å². The van der Waals surface area contributed by atoms with Crippen molar-refractivity contribution in [1.82, 2.24) is 15.2 Å². The molecule has 1 saturated heterocycles. The molecule has 2 amide bonds. The number of hydrogen-bond acceptors (Lipinski definition) is 3. The summed E-state index contributed by atoms with van der Waals surface area (Å²) in [4.78, 5) is 30.5. The third-order valence-corrected chi connectivity index (χ3v) is 6.26. The molecule has 0 saturated carbocycles. The first-order chi connectivity index (χ1) is 14.3. The molecule has 31 heavy (non-hydrogen) atoms. The number of nitrogens with zero attached hydrogens (tertiary/aromatic N) is 1. The number of halogens is 2. The van der Waals surface area contributed by atoms with Crippen LogP contribution in [0.1, 0.15) is 40.9 Å². The zero-order valence-electron chi connectivity index (χ0n) is 18.0. The first kappa shape index (κ1) is 23.0. The first-order valence-corrected chi connectivity index (χ1v) is 10.3. The minimum Gasteiger partial charge on any atom is -0.359 e. The number of nitrogens with one attached hydrogen (secondary N) is 3. The quantitative estimate of drug-likeness (QED) is 0.629. The van der Waals surface area contributed by atoms with Gasteiger partial charge >= 0.3 is 0 Å². The molecule has 3 N–H and O–H groups in total. The first-order valence-electron chi connectivity index (χ1n) is 10.3. The van der Waals surface area contributed by atoms with Gasteiger partial charge in [-0.2, -0.15) is 0 Å². The van der Waals surface area contributed by atoms with Gasteiger partial charge in [-0.25, -0.2) is 4.39 Å². The molecule has 0 spiro atoms. The molecule has 2 aliphatic rings. The van der Waals surface area contributed by atoms with Crippen LogP contribution in [-0.2, 0) is 16.0 Å². The van der Waals surface area contributed by atoms with Crippen LogP contribution >= 0.6 is 12.4 Å². The minimum absolute atomic E-state index is 0. The fourth-order valence-electron chi connectivity index (χ4n) is 4.35. The van der Waals surface area contributed by atoms with Crippen LogP contribution in [0.5, 0.6) is 0 Å². The highest BCUT2D eigenvalue weighted by molar-refractivity contribution is 6.34. The highest BCUT2D eigenvalue weighted by Gasteiger charge is 2.26. The Kier molecular flexibility index (Phi) is 6.86. The van der Waals surface area contributed by atoms with E-state index in [0.717, 1.165) is 48.4 Å². The summed E-state index contributed by atoms with van der Waals surface area (Å²) in [5, 5.41) is 6.09. The Morgan fingerprint density at radius 2 is 1.97 bits per heavy atom. The Morgan fingerprint density at radius 1 is 1.26 bits per heavy atom. The van der Waals surface area contributed by atoms with Gasteiger partial charge in [0.1, 0.15) is 5.82 Å². The Bertz CT molecular complexity index is 1040. The fraction of sp³-hybridized carbons (Fsp3) is 0.391. The van der Waals surface area contributed by atoms with Gasteiger partial charge in [0.15, 0.2) is 0 Å². The lowest BCUT2D eigenvalue weighted by Gasteiger charge is -2.31. The van der Waals surface area contributed by atoms with Crippen molar-refractivity contribution in [3.63, 3.8) is 0 Å². The van der Waals surface area contributed by atoms with Crippen LogP contribution in [0.2, 0.25) is 0 Å². The van der Waals surface area contributed by atoms with Gasteiger partial charge in [0.05, 0.1) is 12.0 Å². The summed E-state index contributed by atoms with van der Waals surface area (Å²) in [7, 11) is 1.88. The summed E-state index contributed by atoms with van der Waals surface area (Å²) in [6.45, 7) is 5.76. The van der Waals surface area contributed by atoms with Crippen molar-refractivity contribution in [3.8, 4) is 0 Å². The molecule has 2 aliphatic heterocycles. The third kappa shape index (κ3) is 4.52. The minimum atomic E-state index is -0.386. The van der Waals surface area contributed by atoms with Crippen molar-refractivity contribution in [2.75, 3.05) is 25.5 Å². The molecule has 3 heterocycles. The number of likely N-dealkylation sites (N-methyl/N-ethyl adjacent to an activating group) is 1. The molecule has 6 nitrogen and oxygen atoms in total. The second kappa shape index (κ2) is 9.24. The van der Waals surface area contributed by atoms with Crippen LogP contribution in [0.25, 0.3) is 11.6 Å². The number of aromatic nitrogens is 1. The fourth-order valence-corrected chi connectivity index (χ4v) is 4.35. The van der Waals surface area contributed by atoms with Gasteiger partial charge in [0, 0.05) is 35.7 Å². The number of amides is 2. The number of benzene rings is 1. The van der Waals surface area contributed by atoms with E-state index in [1.807, 2.05) is 25.8 Å². The number of H-pyrrole nitrogens is 1. The maximum absolute atomic E-state index is 13.7. The van der Waals surface area contributed by atoms with Crippen LogP contribution < -0.4 is 10.6 Å². The maximum atomic E-state index is 13.7. The lowest BCUT2D eigenvalue weighted by atomic mass is 10.0. The van der Waals surface area contributed by atoms with Gasteiger partial charge in [0.25, 0.3) is 5.91 Å². The van der Waals surface area contributed by atoms with Crippen LogP contribution in [0.15, 0.2) is 18.2 Å². The predicted octanol–water partition coefficient (Wildman–Crippen LogP) is 3.44. The molecule has 0 aliphatic carbocycles. The van der Waals surface area contributed by atoms with Gasteiger partial charge in [-0.05, 0) is 75.2 Å². The van der Waals surface area contributed by atoms with E-state index in [0.29, 0.717) is 23.2 Å². The van der Waals surface area contributed by atoms with Gasteiger partial charge < -0.3 is 20.5 Å². The zero-order valence-corrected chi connectivity index (χ0v) is 18.8. The maximum Gasteiger partial charge on any atom is 0.256 e. The largest absolute Gasteiger partial charge is 0.359 e. The number of fused-ring (bicyclic) bond motifs is 1. The number of aryl methyl sites for hydroxylation is 1. The number of carbonyl (C=O) groups is 2. The van der Waals surface area contributed by atoms with Crippen molar-refractivity contribution in [1.29, 1.82) is 0 Å². The average molecular weight is 447 g/mol. The highest BCUT2D eigenvalue weighted by Crippen LogP contribution is 2.34. The lowest BCUT2D eigenvalue weighted by Crippen LogP contribution is -2.44. The van der Waals surface area contributed by atoms with Crippen molar-refractivity contribution in [2.24, 2.45) is 0 Å². The van der Waals surface area contributed by atoms with Crippen LogP contribution in [0.4, 0.5) is 10.1 Å². The Labute approximate surface area is 187 Å². The van der Waals surface area contributed by atoms with Gasteiger partial charge in [-0.15, -0.1) is 12.4 Å². The number of rotatable bonds is 4. The SMILES string of the molecule is Cc1[nH]c(/C=C2\C(=O)Nc3ccc(F)cc32)c(C)c1CC(=O)N(C)C1CCNCC1.Cl. The Morgan fingerprint density at radius 3 is 2.68 bits per heavy atom. The van der Waals surface area contributed by atoms with E-state index in [9.17, 15) is 14.0 Å². The summed E-state index contributed by atoms with van der Waals surface area (Å²) < 4.78 is 13.7. The normalized spacial score (nSPS) is 17.3. The molecule has 166 valence electrons. The van der Waals surface area contributed by atoms with E-state index in [1.165, 1.54) is 12.1 Å². The number of carbonyl (C=O) groups excluding carboxylic acids is 2. The van der Waals surface area contributed by atoms with Gasteiger partial charge in [-0.3, -0.25) is 9.59 Å². The smallest absolute Gasteiger partial charge is 0.256 e. The molecule has 1 aromatic heterocycles. The molecule has 0 radical (unpaired) electrons. The molecule has 8 heteroatoms. The molecule has 1 fully saturated rings. The van der Waals surface area contributed by atoms with Crippen molar-refractivity contribution in [2.45, 2.75) is 39.2 Å². The molecular formula is C23H28ClFN4O2. The van der Waals surface area contributed by atoms with Crippen molar-refractivity contribution in [3.05, 3.63) is 52.1 Å². The third-order valence-electron chi connectivity index (χ3n) is 6.26. The Balaban J connectivity index is 0.00000272. The average Bonchev–Trinajstić information content (AvgIpc) is 3.18. The summed E-state index contributed by atoms with van der Waals surface area (Å²) in [5.74, 6) is -0.550. The zero-order chi connectivity index (χ0) is 21.4. The summed E-state index contributed by atoms with van der Waals surface area (Å²) in [5.41, 5.74) is 5.13. The van der Waals surface area contributed by atoms with E-state index < -0.39 is 0 Å². The van der Waals surface area contributed by atoms with Crippen LogP contribution in [0.3, 0.4) is 0 Å². The number of piperidine rings is 1. The second-order valence-electron chi connectivity index (χ2n) is 8.13. The van der Waals surface area contributed by atoms with E-state index in [4.69, 9.17) is 0 Å². The van der Waals surface area contributed by atoms with Gasteiger partial charge in [-0.1, -0.05) is 0 Å². The van der Waals surface area contributed by atoms with E-state index in [-0.39, 0.29) is 36.1 Å². The van der Waals surface area contributed by atoms with Crippen molar-refractivity contribution < 1.29 is 14.0 Å². The predicted molar refractivity (Wildman–Crippen MR) is 123 cm³/mol. The van der Waals surface area contributed by atoms with E-state index in [1.54, 1.807) is 12.1 Å². The van der Waals surface area contributed by atoms with Crippen LogP contribution in [0, 0.1) is 19.7 Å². The topological polar surface area (TPSA) is 77.2 Å². The molecule has 0 atom stereocenters. The van der Waals surface area contributed by atoms with Crippen LogP contribution in [-0.4, -0.2) is 47.9 Å². The van der Waals surface area contributed by atoms with E-state index >= 15 is 0 Å². The monoisotopic (exact) mass is 446 g/mol. The Hall–Kier alpha value is -2.64. The molecule has 2 aromatic rings. The lowest BCUT2D eigenvalue weighted by molar-refractivity contribution is -0.131. The number of anilines is 1. The molecule has 0 bridgehead atoms. The summed E-state index contributed by atoms with van der Waals surface area (Å²) in [6.07, 6.45) is 3.99. The summed E-state index contributed by atoms with van der Waals surface area (Å²) >= 11 is 0. The van der Waals surface area contributed by atoms with Crippen molar-refractivity contribution >= 4 is 41.6 Å². The number of aromatic amines is 1. The molecule has 1 aromatic carbocycles. The molecule has 0 unspecified atom stereocenters. The molecule has 4 rings (SSSR count). The number of hydrogen-bond donors (Lipinski definition) is 3. The second-order valence-corrected chi connectivity index (χ2v) is 8.13. The summed E-state index contributed by atoms with van der Waals surface area (Å²) in [6, 6.07) is 4.53. The standard InChI is InChI=1S/C23H27FN4O2.ClH/c1-13-17(12-22(29)28(3)16-6-8-25-9-7-16)14(2)26-21(13)11-19-18-10-15(24)4-5-20(18)27-23(19)30;/h4-5,10-11,16,25-26H,6-9,12H2,1-3H3,(H,27,30);1H/b19-11-;. The van der Waals surface area contributed by atoms with Gasteiger partial charge in [0.2, 0.25) is 5.91 Å². The molecular weight excluding hydrogens is 419 g/mol. The highest BCUT2D eigenvalue weighted by atomic mass is 35.5.